The molecule has 0 bridgehead atoms. The van der Waals surface area contributed by atoms with Crippen LogP contribution < -0.4 is 10.5 Å². The third-order valence-corrected chi connectivity index (χ3v) is 2.77. The fourth-order valence-electron chi connectivity index (χ4n) is 1.80. The van der Waals surface area contributed by atoms with E-state index in [1.165, 1.54) is 0 Å². The molecule has 0 aliphatic rings. The highest BCUT2D eigenvalue weighted by molar-refractivity contribution is 6.29. The number of hydrogen-bond donors (Lipinski definition) is 1. The van der Waals surface area contributed by atoms with Gasteiger partial charge in [-0.15, -0.1) is 0 Å². The third kappa shape index (κ3) is 6.10. The molecule has 0 saturated heterocycles. The molecule has 1 heterocycles. The van der Waals surface area contributed by atoms with Crippen molar-refractivity contribution in [3.63, 3.8) is 0 Å². The van der Waals surface area contributed by atoms with Crippen LogP contribution in [0.5, 0.6) is 5.75 Å². The summed E-state index contributed by atoms with van der Waals surface area (Å²) >= 11 is 5.83. The van der Waals surface area contributed by atoms with Crippen LogP contribution in [0.25, 0.3) is 0 Å². The summed E-state index contributed by atoms with van der Waals surface area (Å²) in [7, 11) is 0. The molecule has 1 amide bonds. The topological polar surface area (TPSA) is 74.4 Å². The number of ether oxygens (including phenoxy) is 2. The molecular weight excluding hydrogens is 280 g/mol. The van der Waals surface area contributed by atoms with Crippen LogP contribution in [0.1, 0.15) is 32.8 Å². The molecule has 6 heteroatoms. The van der Waals surface area contributed by atoms with Crippen molar-refractivity contribution in [2.24, 2.45) is 11.1 Å². The maximum Gasteiger partial charge on any atom is 0.404 e. The first kappa shape index (κ1) is 16.6. The summed E-state index contributed by atoms with van der Waals surface area (Å²) in [5.74, 6) is 0.622. The molecule has 5 nitrogen and oxygen atoms in total. The second kappa shape index (κ2) is 6.79. The van der Waals surface area contributed by atoms with Crippen molar-refractivity contribution < 1.29 is 14.3 Å². The van der Waals surface area contributed by atoms with Gasteiger partial charge in [-0.2, -0.15) is 0 Å². The summed E-state index contributed by atoms with van der Waals surface area (Å²) in [5, 5.41) is 0.355. The molecule has 0 saturated carbocycles. The Kier molecular flexibility index (Phi) is 5.62. The zero-order chi connectivity index (χ0) is 15.3. The normalized spacial score (nSPS) is 12.8. The number of primary amides is 1. The van der Waals surface area contributed by atoms with Gasteiger partial charge in [-0.3, -0.25) is 0 Å². The highest BCUT2D eigenvalue weighted by Gasteiger charge is 2.22. The van der Waals surface area contributed by atoms with E-state index in [9.17, 15) is 4.79 Å². The minimum Gasteiger partial charge on any atom is -0.489 e. The van der Waals surface area contributed by atoms with Crippen LogP contribution in [0.4, 0.5) is 4.79 Å². The van der Waals surface area contributed by atoms with E-state index in [4.69, 9.17) is 26.8 Å². The summed E-state index contributed by atoms with van der Waals surface area (Å²) in [6, 6.07) is 1.63. The second-order valence-corrected chi connectivity index (χ2v) is 6.29. The third-order valence-electron chi connectivity index (χ3n) is 2.57. The van der Waals surface area contributed by atoms with Gasteiger partial charge in [0.25, 0.3) is 0 Å². The van der Waals surface area contributed by atoms with Gasteiger partial charge in [-0.1, -0.05) is 32.4 Å². The van der Waals surface area contributed by atoms with Gasteiger partial charge in [0.2, 0.25) is 0 Å². The van der Waals surface area contributed by atoms with Crippen molar-refractivity contribution in [3.05, 3.63) is 23.0 Å². The average molecular weight is 301 g/mol. The van der Waals surface area contributed by atoms with Gasteiger partial charge in [0.15, 0.2) is 0 Å². The molecule has 0 spiro atoms. The van der Waals surface area contributed by atoms with Crippen molar-refractivity contribution in [2.75, 3.05) is 6.61 Å². The predicted octanol–water partition coefficient (Wildman–Crippen LogP) is 3.32. The minimum absolute atomic E-state index is 0.00555. The van der Waals surface area contributed by atoms with Gasteiger partial charge >= 0.3 is 6.09 Å². The Morgan fingerprint density at radius 1 is 1.50 bits per heavy atom. The van der Waals surface area contributed by atoms with Crippen LogP contribution in [0.2, 0.25) is 5.15 Å². The van der Waals surface area contributed by atoms with Gasteiger partial charge in [0.1, 0.15) is 23.6 Å². The summed E-state index contributed by atoms with van der Waals surface area (Å²) in [4.78, 5) is 14.9. The van der Waals surface area contributed by atoms with E-state index >= 15 is 0 Å². The number of halogens is 1. The Bertz CT molecular complexity index is 472. The van der Waals surface area contributed by atoms with Gasteiger partial charge in [0.05, 0.1) is 0 Å². The van der Waals surface area contributed by atoms with Crippen LogP contribution in [-0.4, -0.2) is 23.8 Å². The second-order valence-electron chi connectivity index (χ2n) is 5.91. The van der Waals surface area contributed by atoms with E-state index in [1.807, 2.05) is 6.92 Å². The maximum atomic E-state index is 10.9. The molecule has 1 aromatic heterocycles. The first-order valence-corrected chi connectivity index (χ1v) is 6.76. The molecule has 1 aromatic rings. The van der Waals surface area contributed by atoms with Gasteiger partial charge in [-0.05, 0) is 18.8 Å². The lowest BCUT2D eigenvalue weighted by Gasteiger charge is -2.25. The van der Waals surface area contributed by atoms with E-state index in [1.54, 1.807) is 12.3 Å². The van der Waals surface area contributed by atoms with Gasteiger partial charge in [0, 0.05) is 17.8 Å². The van der Waals surface area contributed by atoms with E-state index in [0.29, 0.717) is 17.3 Å². The number of hydrogen-bond acceptors (Lipinski definition) is 4. The fourth-order valence-corrected chi connectivity index (χ4v) is 1.95. The largest absolute Gasteiger partial charge is 0.489 e. The summed E-state index contributed by atoms with van der Waals surface area (Å²) in [5.41, 5.74) is 5.95. The lowest BCUT2D eigenvalue weighted by molar-refractivity contribution is 0.0462. The van der Waals surface area contributed by atoms with Crippen molar-refractivity contribution >= 4 is 17.7 Å². The zero-order valence-electron chi connectivity index (χ0n) is 12.3. The van der Waals surface area contributed by atoms with E-state index in [2.05, 4.69) is 25.8 Å². The van der Waals surface area contributed by atoms with Crippen LogP contribution in [0, 0.1) is 12.3 Å². The first-order chi connectivity index (χ1) is 9.17. The molecule has 1 atom stereocenters. The number of nitrogens with zero attached hydrogens (tertiary/aromatic N) is 1. The van der Waals surface area contributed by atoms with E-state index in [0.717, 1.165) is 5.56 Å². The quantitative estimate of drug-likeness (QED) is 0.846. The Morgan fingerprint density at radius 3 is 2.70 bits per heavy atom. The molecular formula is C14H21ClN2O3. The Hall–Kier alpha value is -1.49. The van der Waals surface area contributed by atoms with Crippen molar-refractivity contribution in [1.29, 1.82) is 0 Å². The average Bonchev–Trinajstić information content (AvgIpc) is 2.27. The summed E-state index contributed by atoms with van der Waals surface area (Å²) < 4.78 is 10.8. The lowest BCUT2D eigenvalue weighted by atomic mass is 9.89. The number of aromatic nitrogens is 1. The van der Waals surface area contributed by atoms with Crippen LogP contribution in [0.3, 0.4) is 0 Å². The molecule has 20 heavy (non-hydrogen) atoms. The molecule has 0 aliphatic heterocycles. The number of aryl methyl sites for hydroxylation is 1. The number of carbonyl (C=O) groups excluding carboxylic acids is 1. The molecule has 0 radical (unpaired) electrons. The van der Waals surface area contributed by atoms with Gasteiger partial charge in [-0.25, -0.2) is 9.78 Å². The van der Waals surface area contributed by atoms with Crippen molar-refractivity contribution in [1.82, 2.24) is 4.98 Å². The molecule has 1 rings (SSSR count). The molecule has 2 N–H and O–H groups in total. The highest BCUT2D eigenvalue weighted by Crippen LogP contribution is 2.25. The summed E-state index contributed by atoms with van der Waals surface area (Å²) in [6.45, 7) is 8.25. The zero-order valence-corrected chi connectivity index (χ0v) is 13.0. The molecule has 0 aromatic carbocycles. The van der Waals surface area contributed by atoms with Crippen LogP contribution >= 0.6 is 11.6 Å². The summed E-state index contributed by atoms with van der Waals surface area (Å²) in [6.07, 6.45) is 1.07. The predicted molar refractivity (Wildman–Crippen MR) is 78.0 cm³/mol. The fraction of sp³-hybridized carbons (Fsp3) is 0.571. The van der Waals surface area contributed by atoms with Gasteiger partial charge < -0.3 is 15.2 Å². The van der Waals surface area contributed by atoms with Crippen LogP contribution in [0.15, 0.2) is 12.3 Å². The maximum absolute atomic E-state index is 10.9. The number of amides is 1. The van der Waals surface area contributed by atoms with Crippen molar-refractivity contribution in [2.45, 2.75) is 40.2 Å². The Balaban J connectivity index is 2.70. The lowest BCUT2D eigenvalue weighted by Crippen LogP contribution is -2.31. The number of rotatable bonds is 5. The Morgan fingerprint density at radius 2 is 2.15 bits per heavy atom. The molecule has 1 unspecified atom stereocenters. The first-order valence-electron chi connectivity index (χ1n) is 6.38. The standard InChI is InChI=1S/C14H21ClN2O3/c1-9-7-17-12(15)5-11(9)19-8-10(20-13(16)18)6-14(2,3)4/h5,7,10H,6,8H2,1-4H3,(H2,16,18). The highest BCUT2D eigenvalue weighted by atomic mass is 35.5. The number of pyridine rings is 1. The smallest absolute Gasteiger partial charge is 0.404 e. The number of carbonyl (C=O) groups is 1. The van der Waals surface area contributed by atoms with E-state index in [-0.39, 0.29) is 12.0 Å². The molecule has 0 fully saturated rings. The van der Waals surface area contributed by atoms with Crippen molar-refractivity contribution in [3.8, 4) is 5.75 Å². The monoisotopic (exact) mass is 300 g/mol. The minimum atomic E-state index is -0.799. The molecule has 112 valence electrons. The SMILES string of the molecule is Cc1cnc(Cl)cc1OCC(CC(C)(C)C)OC(N)=O. The number of nitrogens with two attached hydrogens (primary N) is 1. The van der Waals surface area contributed by atoms with Crippen LogP contribution in [-0.2, 0) is 4.74 Å². The Labute approximate surface area is 124 Å². The molecule has 0 aliphatic carbocycles. The van der Waals surface area contributed by atoms with E-state index < -0.39 is 12.2 Å².